The number of rotatable bonds is 8. The van der Waals surface area contributed by atoms with E-state index in [0.717, 1.165) is 33.3 Å². The number of hydrogen-bond donors (Lipinski definition) is 0. The van der Waals surface area contributed by atoms with E-state index in [1.165, 1.54) is 74.8 Å². The van der Waals surface area contributed by atoms with Crippen molar-refractivity contribution in [1.29, 1.82) is 0 Å². The van der Waals surface area contributed by atoms with Crippen molar-refractivity contribution in [2.45, 2.75) is 78.2 Å². The summed E-state index contributed by atoms with van der Waals surface area (Å²) in [5, 5.41) is 3.08. The van der Waals surface area contributed by atoms with Crippen molar-refractivity contribution in [3.05, 3.63) is 93.8 Å². The number of ether oxygens (including phenoxy) is 1. The van der Waals surface area contributed by atoms with Gasteiger partial charge in [-0.3, -0.25) is 4.99 Å². The van der Waals surface area contributed by atoms with Gasteiger partial charge in [-0.1, -0.05) is 69.5 Å². The second-order valence-electron chi connectivity index (χ2n) is 12.6. The number of hydrogen-bond acceptors (Lipinski definition) is 5. The van der Waals surface area contributed by atoms with Gasteiger partial charge < -0.3 is 9.64 Å². The number of halogens is 1. The van der Waals surface area contributed by atoms with E-state index in [-0.39, 0.29) is 12.4 Å². The van der Waals surface area contributed by atoms with Gasteiger partial charge in [-0.05, 0) is 91.0 Å². The Morgan fingerprint density at radius 2 is 1.65 bits per heavy atom. The second-order valence-corrected chi connectivity index (χ2v) is 13.5. The van der Waals surface area contributed by atoms with Gasteiger partial charge in [-0.25, -0.2) is 4.98 Å². The molecule has 0 unspecified atom stereocenters. The zero-order valence-corrected chi connectivity index (χ0v) is 27.4. The zero-order valence-electron chi connectivity index (χ0n) is 25.7. The number of nitrogens with zero attached hydrogens (tertiary/aromatic N) is 3. The maximum atomic E-state index is 6.20. The number of thiazole rings is 1. The maximum absolute atomic E-state index is 6.20. The van der Waals surface area contributed by atoms with Gasteiger partial charge in [0.25, 0.3) is 0 Å². The molecule has 4 nitrogen and oxygen atoms in total. The van der Waals surface area contributed by atoms with E-state index in [9.17, 15) is 0 Å². The van der Waals surface area contributed by atoms with Gasteiger partial charge >= 0.3 is 0 Å². The third kappa shape index (κ3) is 7.69. The van der Waals surface area contributed by atoms with Gasteiger partial charge in [0.1, 0.15) is 17.4 Å². The zero-order chi connectivity index (χ0) is 28.9. The quantitative estimate of drug-likeness (QED) is 0.185. The number of aryl methyl sites for hydroxylation is 1. The Morgan fingerprint density at radius 1 is 0.930 bits per heavy atom. The Balaban J connectivity index is 0.00000368. The Hall–Kier alpha value is -3.15. The minimum atomic E-state index is 0. The van der Waals surface area contributed by atoms with Crippen LogP contribution in [-0.4, -0.2) is 24.3 Å². The number of aliphatic imine (C=N–C) groups is 1. The Kier molecular flexibility index (Phi) is 10.2. The molecule has 6 rings (SSSR count). The van der Waals surface area contributed by atoms with Crippen molar-refractivity contribution in [3.8, 4) is 17.0 Å². The molecule has 43 heavy (non-hydrogen) atoms. The lowest BCUT2D eigenvalue weighted by Crippen LogP contribution is -2.41. The van der Waals surface area contributed by atoms with E-state index in [1.54, 1.807) is 11.3 Å². The van der Waals surface area contributed by atoms with E-state index >= 15 is 0 Å². The summed E-state index contributed by atoms with van der Waals surface area (Å²) in [4.78, 5) is 12.1. The van der Waals surface area contributed by atoms with Crippen molar-refractivity contribution in [1.82, 2.24) is 4.98 Å². The minimum absolute atomic E-state index is 0. The standard InChI is InChI=1S/C37H43N3OS.ClH/c1-27(2)33-16-7-28(3)23-35(33)41-25-36-39-34(26-42-36)30-10-12-31(13-11-30)38-24-29-8-14-32(15-9-29)40-21-19-37(20-22-40)17-5-4-6-18-37;/h7-16,23-24,26-27H,4-6,17-22,25H2,1-3H3;1H. The van der Waals surface area contributed by atoms with Gasteiger partial charge in [0.2, 0.25) is 0 Å². The highest BCUT2D eigenvalue weighted by Crippen LogP contribution is 2.45. The fourth-order valence-electron chi connectivity index (χ4n) is 6.57. The lowest BCUT2D eigenvalue weighted by Gasteiger charge is -2.45. The van der Waals surface area contributed by atoms with E-state index < -0.39 is 0 Å². The lowest BCUT2D eigenvalue weighted by atomic mass is 9.68. The lowest BCUT2D eigenvalue weighted by molar-refractivity contribution is 0.144. The molecule has 4 aromatic rings. The fourth-order valence-corrected chi connectivity index (χ4v) is 7.29. The summed E-state index contributed by atoms with van der Waals surface area (Å²) in [7, 11) is 0. The molecular weight excluding hydrogens is 570 g/mol. The summed E-state index contributed by atoms with van der Waals surface area (Å²) in [5.41, 5.74) is 8.57. The van der Waals surface area contributed by atoms with Gasteiger partial charge in [-0.15, -0.1) is 23.7 Å². The monoisotopic (exact) mass is 613 g/mol. The first-order valence-electron chi connectivity index (χ1n) is 15.6. The van der Waals surface area contributed by atoms with Crippen LogP contribution in [0.25, 0.3) is 11.3 Å². The van der Waals surface area contributed by atoms with Crippen molar-refractivity contribution in [2.75, 3.05) is 18.0 Å². The smallest absolute Gasteiger partial charge is 0.140 e. The van der Waals surface area contributed by atoms with Crippen LogP contribution in [0.3, 0.4) is 0 Å². The third-order valence-electron chi connectivity index (χ3n) is 9.22. The summed E-state index contributed by atoms with van der Waals surface area (Å²) < 4.78 is 6.20. The number of benzene rings is 3. The molecule has 1 saturated heterocycles. The first kappa shape index (κ1) is 31.3. The van der Waals surface area contributed by atoms with Crippen LogP contribution in [0, 0.1) is 12.3 Å². The molecule has 6 heteroatoms. The maximum Gasteiger partial charge on any atom is 0.140 e. The van der Waals surface area contributed by atoms with E-state index in [1.807, 2.05) is 6.21 Å². The molecule has 1 saturated carbocycles. The van der Waals surface area contributed by atoms with Crippen molar-refractivity contribution in [3.63, 3.8) is 0 Å². The summed E-state index contributed by atoms with van der Waals surface area (Å²) in [6.07, 6.45) is 11.9. The predicted molar refractivity (Wildman–Crippen MR) is 185 cm³/mol. The summed E-state index contributed by atoms with van der Waals surface area (Å²) in [6.45, 7) is 9.36. The largest absolute Gasteiger partial charge is 0.486 e. The molecule has 1 aliphatic carbocycles. The van der Waals surface area contributed by atoms with Crippen LogP contribution in [0.5, 0.6) is 5.75 Å². The van der Waals surface area contributed by atoms with E-state index in [0.29, 0.717) is 17.9 Å². The first-order chi connectivity index (χ1) is 20.5. The summed E-state index contributed by atoms with van der Waals surface area (Å²) in [6, 6.07) is 23.7. The molecule has 1 aliphatic heterocycles. The first-order valence-corrected chi connectivity index (χ1v) is 16.5. The molecule has 3 aromatic carbocycles. The van der Waals surface area contributed by atoms with Crippen LogP contribution in [0.2, 0.25) is 0 Å². The van der Waals surface area contributed by atoms with Crippen LogP contribution in [0.1, 0.15) is 86.4 Å². The van der Waals surface area contributed by atoms with Crippen molar-refractivity contribution in [2.24, 2.45) is 10.4 Å². The molecule has 0 amide bonds. The average Bonchev–Trinajstić information content (AvgIpc) is 3.49. The minimum Gasteiger partial charge on any atom is -0.486 e. The van der Waals surface area contributed by atoms with E-state index in [4.69, 9.17) is 14.7 Å². The van der Waals surface area contributed by atoms with Crippen molar-refractivity contribution >= 4 is 41.3 Å². The van der Waals surface area contributed by atoms with Crippen LogP contribution in [0.4, 0.5) is 11.4 Å². The van der Waals surface area contributed by atoms with E-state index in [2.05, 4.69) is 97.8 Å². The summed E-state index contributed by atoms with van der Waals surface area (Å²) in [5.74, 6) is 1.37. The molecular formula is C37H44ClN3OS. The Morgan fingerprint density at radius 3 is 2.35 bits per heavy atom. The van der Waals surface area contributed by atoms with Gasteiger partial charge in [0, 0.05) is 35.9 Å². The van der Waals surface area contributed by atoms with Crippen LogP contribution in [0.15, 0.2) is 77.1 Å². The summed E-state index contributed by atoms with van der Waals surface area (Å²) >= 11 is 1.64. The number of piperidine rings is 1. The topological polar surface area (TPSA) is 37.7 Å². The fraction of sp³-hybridized carbons (Fsp3) is 0.405. The van der Waals surface area contributed by atoms with Gasteiger partial charge in [-0.2, -0.15) is 0 Å². The van der Waals surface area contributed by atoms with Crippen LogP contribution in [-0.2, 0) is 6.61 Å². The molecule has 1 aromatic heterocycles. The third-order valence-corrected chi connectivity index (χ3v) is 10.0. The Labute approximate surface area is 267 Å². The van der Waals surface area contributed by atoms with Crippen molar-refractivity contribution < 1.29 is 4.74 Å². The van der Waals surface area contributed by atoms with Crippen LogP contribution >= 0.6 is 23.7 Å². The molecule has 226 valence electrons. The molecule has 0 radical (unpaired) electrons. The predicted octanol–water partition coefficient (Wildman–Crippen LogP) is 10.5. The number of aromatic nitrogens is 1. The molecule has 0 atom stereocenters. The Bertz CT molecular complexity index is 1490. The molecule has 0 bridgehead atoms. The molecule has 1 spiro atoms. The van der Waals surface area contributed by atoms with Gasteiger partial charge in [0.15, 0.2) is 0 Å². The molecule has 0 N–H and O–H groups in total. The highest BCUT2D eigenvalue weighted by Gasteiger charge is 2.35. The highest BCUT2D eigenvalue weighted by molar-refractivity contribution is 7.09. The number of anilines is 1. The normalized spacial score (nSPS) is 16.5. The van der Waals surface area contributed by atoms with Gasteiger partial charge in [0.05, 0.1) is 11.4 Å². The molecule has 2 aliphatic rings. The molecule has 2 fully saturated rings. The SMILES string of the molecule is Cc1ccc(C(C)C)c(OCc2nc(-c3ccc(N=Cc4ccc(N5CCC6(CCCCC6)CC5)cc4)cc3)cs2)c1.Cl. The second kappa shape index (κ2) is 14.1. The average molecular weight is 614 g/mol. The van der Waals surface area contributed by atoms with Crippen LogP contribution < -0.4 is 9.64 Å². The highest BCUT2D eigenvalue weighted by atomic mass is 35.5. The molecule has 2 heterocycles.